The maximum absolute atomic E-state index is 10.6. The Morgan fingerprint density at radius 2 is 2.50 bits per heavy atom. The van der Waals surface area contributed by atoms with Gasteiger partial charge in [-0.15, -0.1) is 0 Å². The van der Waals surface area contributed by atoms with Crippen LogP contribution in [0.4, 0.5) is 5.95 Å². The molecule has 0 unspecified atom stereocenters. The summed E-state index contributed by atoms with van der Waals surface area (Å²) < 4.78 is 0. The van der Waals surface area contributed by atoms with Crippen LogP contribution in [0.5, 0.6) is 0 Å². The molecule has 0 saturated carbocycles. The number of amides is 1. The van der Waals surface area contributed by atoms with Crippen molar-refractivity contribution < 1.29 is 9.90 Å². The Labute approximate surface area is 69.5 Å². The van der Waals surface area contributed by atoms with Gasteiger partial charge in [-0.25, -0.2) is 9.97 Å². The van der Waals surface area contributed by atoms with E-state index >= 15 is 0 Å². The fourth-order valence-corrected chi connectivity index (χ4v) is 0.702. The van der Waals surface area contributed by atoms with Crippen molar-refractivity contribution in [2.24, 2.45) is 0 Å². The third-order valence-electron chi connectivity index (χ3n) is 1.16. The zero-order valence-electron chi connectivity index (χ0n) is 6.61. The summed E-state index contributed by atoms with van der Waals surface area (Å²) in [6.07, 6.45) is 1.48. The van der Waals surface area contributed by atoms with Crippen LogP contribution in [0.25, 0.3) is 0 Å². The number of hydrogen-bond donors (Lipinski definition) is 2. The highest BCUT2D eigenvalue weighted by atomic mass is 16.3. The van der Waals surface area contributed by atoms with Gasteiger partial charge in [0.05, 0.1) is 12.3 Å². The van der Waals surface area contributed by atoms with Crippen LogP contribution in [0.3, 0.4) is 0 Å². The lowest BCUT2D eigenvalue weighted by atomic mass is 10.4. The van der Waals surface area contributed by atoms with Crippen LogP contribution in [0.15, 0.2) is 12.3 Å². The lowest BCUT2D eigenvalue weighted by Crippen LogP contribution is -2.09. The predicted molar refractivity (Wildman–Crippen MR) is 42.3 cm³/mol. The summed E-state index contributed by atoms with van der Waals surface area (Å²) >= 11 is 0. The molecule has 5 heteroatoms. The van der Waals surface area contributed by atoms with Gasteiger partial charge in [0.1, 0.15) is 0 Å². The van der Waals surface area contributed by atoms with E-state index < -0.39 is 0 Å². The highest BCUT2D eigenvalue weighted by Crippen LogP contribution is 1.99. The average molecular weight is 167 g/mol. The number of aromatic nitrogens is 2. The van der Waals surface area contributed by atoms with Crippen LogP contribution in [0.1, 0.15) is 12.6 Å². The summed E-state index contributed by atoms with van der Waals surface area (Å²) in [5, 5.41) is 11.1. The number of carbonyl (C=O) groups is 1. The Morgan fingerprint density at radius 1 is 1.75 bits per heavy atom. The number of anilines is 1. The Hall–Kier alpha value is -1.49. The average Bonchev–Trinajstić information content (AvgIpc) is 2.03. The highest BCUT2D eigenvalue weighted by molar-refractivity contribution is 5.86. The smallest absolute Gasteiger partial charge is 0.229 e. The lowest BCUT2D eigenvalue weighted by Gasteiger charge is -2.00. The van der Waals surface area contributed by atoms with Crippen LogP contribution >= 0.6 is 0 Å². The maximum Gasteiger partial charge on any atom is 0.229 e. The minimum atomic E-state index is -0.231. The molecule has 0 atom stereocenters. The molecule has 0 radical (unpaired) electrons. The third kappa shape index (κ3) is 2.28. The van der Waals surface area contributed by atoms with Crippen molar-refractivity contribution in [3.63, 3.8) is 0 Å². The zero-order chi connectivity index (χ0) is 8.97. The number of nitrogens with one attached hydrogen (secondary N) is 1. The summed E-state index contributed by atoms with van der Waals surface area (Å²) in [4.78, 5) is 18.2. The molecule has 0 aliphatic carbocycles. The number of nitrogens with zero attached hydrogens (tertiary/aromatic N) is 2. The standard InChI is InChI=1S/C7H9N3O2/c1-5(12)9-7-8-3-2-6(4-11)10-7/h2-3,11H,4H2,1H3,(H,8,9,10,12). The van der Waals surface area contributed by atoms with Crippen molar-refractivity contribution in [2.45, 2.75) is 13.5 Å². The van der Waals surface area contributed by atoms with E-state index in [-0.39, 0.29) is 18.5 Å². The van der Waals surface area contributed by atoms with Crippen molar-refractivity contribution in [2.75, 3.05) is 5.32 Å². The van der Waals surface area contributed by atoms with E-state index in [1.54, 1.807) is 6.07 Å². The molecule has 0 aliphatic rings. The molecular weight excluding hydrogens is 158 g/mol. The van der Waals surface area contributed by atoms with Gasteiger partial charge in [-0.2, -0.15) is 0 Å². The number of carbonyl (C=O) groups excluding carboxylic acids is 1. The topological polar surface area (TPSA) is 75.1 Å². The van der Waals surface area contributed by atoms with E-state index in [0.717, 1.165) is 0 Å². The first-order chi connectivity index (χ1) is 5.72. The lowest BCUT2D eigenvalue weighted by molar-refractivity contribution is -0.114. The van der Waals surface area contributed by atoms with Crippen molar-refractivity contribution in [3.8, 4) is 0 Å². The van der Waals surface area contributed by atoms with Gasteiger partial charge < -0.3 is 5.11 Å². The van der Waals surface area contributed by atoms with Crippen molar-refractivity contribution >= 4 is 11.9 Å². The Morgan fingerprint density at radius 3 is 3.08 bits per heavy atom. The molecule has 0 aliphatic heterocycles. The highest BCUT2D eigenvalue weighted by Gasteiger charge is 1.98. The summed E-state index contributed by atoms with van der Waals surface area (Å²) in [6.45, 7) is 1.21. The van der Waals surface area contributed by atoms with Gasteiger partial charge in [-0.1, -0.05) is 0 Å². The molecule has 0 aromatic carbocycles. The van der Waals surface area contributed by atoms with E-state index in [9.17, 15) is 4.79 Å². The molecule has 0 fully saturated rings. The molecule has 0 spiro atoms. The normalized spacial score (nSPS) is 9.50. The number of hydrogen-bond acceptors (Lipinski definition) is 4. The largest absolute Gasteiger partial charge is 0.390 e. The molecule has 1 heterocycles. The van der Waals surface area contributed by atoms with Crippen molar-refractivity contribution in [1.82, 2.24) is 9.97 Å². The Balaban J connectivity index is 2.79. The van der Waals surface area contributed by atoms with Gasteiger partial charge in [0, 0.05) is 13.1 Å². The van der Waals surface area contributed by atoms with Gasteiger partial charge in [0.2, 0.25) is 11.9 Å². The molecule has 12 heavy (non-hydrogen) atoms. The fraction of sp³-hybridized carbons (Fsp3) is 0.286. The van der Waals surface area contributed by atoms with E-state index in [1.165, 1.54) is 13.1 Å². The predicted octanol–water partition coefficient (Wildman–Crippen LogP) is -0.0727. The molecule has 1 rings (SSSR count). The van der Waals surface area contributed by atoms with E-state index in [4.69, 9.17) is 5.11 Å². The van der Waals surface area contributed by atoms with Crippen LogP contribution < -0.4 is 5.32 Å². The number of aliphatic hydroxyl groups is 1. The molecule has 0 saturated heterocycles. The summed E-state index contributed by atoms with van der Waals surface area (Å²) in [5.41, 5.74) is 0.480. The summed E-state index contributed by atoms with van der Waals surface area (Å²) in [6, 6.07) is 1.57. The second-order valence-electron chi connectivity index (χ2n) is 2.21. The SMILES string of the molecule is CC(=O)Nc1nccc(CO)n1. The maximum atomic E-state index is 10.6. The van der Waals surface area contributed by atoms with Crippen LogP contribution in [0, 0.1) is 0 Å². The molecule has 5 nitrogen and oxygen atoms in total. The van der Waals surface area contributed by atoms with E-state index in [2.05, 4.69) is 15.3 Å². The molecule has 64 valence electrons. The Kier molecular flexibility index (Phi) is 2.71. The van der Waals surface area contributed by atoms with E-state index in [1.807, 2.05) is 0 Å². The monoisotopic (exact) mass is 167 g/mol. The third-order valence-corrected chi connectivity index (χ3v) is 1.16. The van der Waals surface area contributed by atoms with Crippen LogP contribution in [0.2, 0.25) is 0 Å². The molecule has 0 bridgehead atoms. The van der Waals surface area contributed by atoms with Gasteiger partial charge in [-0.05, 0) is 6.07 Å². The molecule has 2 N–H and O–H groups in total. The Bertz CT molecular complexity index is 288. The minimum absolute atomic E-state index is 0.158. The van der Waals surface area contributed by atoms with Crippen LogP contribution in [-0.4, -0.2) is 21.0 Å². The van der Waals surface area contributed by atoms with Gasteiger partial charge in [-0.3, -0.25) is 10.1 Å². The van der Waals surface area contributed by atoms with Crippen LogP contribution in [-0.2, 0) is 11.4 Å². The van der Waals surface area contributed by atoms with Gasteiger partial charge in [0.15, 0.2) is 0 Å². The summed E-state index contributed by atoms with van der Waals surface area (Å²) in [7, 11) is 0. The van der Waals surface area contributed by atoms with E-state index in [0.29, 0.717) is 5.69 Å². The van der Waals surface area contributed by atoms with Gasteiger partial charge >= 0.3 is 0 Å². The fourth-order valence-electron chi connectivity index (χ4n) is 0.702. The number of rotatable bonds is 2. The molecule has 1 aromatic heterocycles. The number of aliphatic hydroxyl groups excluding tert-OH is 1. The minimum Gasteiger partial charge on any atom is -0.390 e. The summed E-state index contributed by atoms with van der Waals surface area (Å²) in [5.74, 6) is -0.0147. The zero-order valence-corrected chi connectivity index (χ0v) is 6.61. The second kappa shape index (κ2) is 3.77. The molecule has 1 aromatic rings. The quantitative estimate of drug-likeness (QED) is 0.646. The molecule has 1 amide bonds. The first-order valence-corrected chi connectivity index (χ1v) is 3.42. The first-order valence-electron chi connectivity index (χ1n) is 3.42. The second-order valence-corrected chi connectivity index (χ2v) is 2.21. The van der Waals surface area contributed by atoms with Gasteiger partial charge in [0.25, 0.3) is 0 Å². The first kappa shape index (κ1) is 8.61. The molecular formula is C7H9N3O2. The van der Waals surface area contributed by atoms with Crippen molar-refractivity contribution in [3.05, 3.63) is 18.0 Å². The van der Waals surface area contributed by atoms with Crippen molar-refractivity contribution in [1.29, 1.82) is 0 Å².